The minimum Gasteiger partial charge on any atom is -0.465 e. The summed E-state index contributed by atoms with van der Waals surface area (Å²) in [6, 6.07) is 4.70. The number of hydrogen-bond acceptors (Lipinski definition) is 3. The molecule has 1 aromatic carbocycles. The molecule has 0 saturated carbocycles. The van der Waals surface area contributed by atoms with Gasteiger partial charge in [-0.2, -0.15) is 0 Å². The Kier molecular flexibility index (Phi) is 3.25. The zero-order valence-electron chi connectivity index (χ0n) is 7.83. The van der Waals surface area contributed by atoms with Crippen molar-refractivity contribution in [1.82, 2.24) is 0 Å². The van der Waals surface area contributed by atoms with Crippen LogP contribution in [0.5, 0.6) is 0 Å². The van der Waals surface area contributed by atoms with Gasteiger partial charge in [-0.1, -0.05) is 23.7 Å². The van der Waals surface area contributed by atoms with Crippen LogP contribution in [-0.2, 0) is 4.74 Å². The number of methoxy groups -OCH3 is 1. The molecule has 1 aromatic rings. The lowest BCUT2D eigenvalue weighted by atomic mass is 10.0. The lowest BCUT2D eigenvalue weighted by Crippen LogP contribution is -2.09. The molecule has 14 heavy (non-hydrogen) atoms. The largest absolute Gasteiger partial charge is 0.465 e. The molecule has 0 spiro atoms. The van der Waals surface area contributed by atoms with Crippen LogP contribution in [0.15, 0.2) is 18.2 Å². The molecule has 74 valence electrons. The Morgan fingerprint density at radius 1 is 1.36 bits per heavy atom. The van der Waals surface area contributed by atoms with Gasteiger partial charge in [0.1, 0.15) is 0 Å². The van der Waals surface area contributed by atoms with Gasteiger partial charge in [0.25, 0.3) is 0 Å². The second kappa shape index (κ2) is 4.24. The van der Waals surface area contributed by atoms with Crippen molar-refractivity contribution in [3.63, 3.8) is 0 Å². The van der Waals surface area contributed by atoms with Crippen molar-refractivity contribution in [3.8, 4) is 0 Å². The van der Waals surface area contributed by atoms with E-state index in [4.69, 9.17) is 11.6 Å². The van der Waals surface area contributed by atoms with Gasteiger partial charge in [0.2, 0.25) is 0 Å². The highest BCUT2D eigenvalue weighted by atomic mass is 35.5. The lowest BCUT2D eigenvalue weighted by Gasteiger charge is -2.06. The van der Waals surface area contributed by atoms with Crippen LogP contribution in [0.4, 0.5) is 0 Å². The molecule has 0 aliphatic rings. The van der Waals surface area contributed by atoms with E-state index in [1.54, 1.807) is 18.2 Å². The smallest absolute Gasteiger partial charge is 0.340 e. The number of carbonyl (C=O) groups is 2. The Morgan fingerprint density at radius 3 is 2.50 bits per heavy atom. The average molecular weight is 213 g/mol. The van der Waals surface area contributed by atoms with Crippen molar-refractivity contribution < 1.29 is 14.3 Å². The summed E-state index contributed by atoms with van der Waals surface area (Å²) in [5, 5.41) is 0.226. The normalized spacial score (nSPS) is 9.64. The standard InChI is InChI=1S/C10H9ClO3/c1-6(12)7-4-3-5-8(11)9(7)10(13)14-2/h3-5H,1-2H3. The highest BCUT2D eigenvalue weighted by molar-refractivity contribution is 6.34. The number of ketones is 1. The molecule has 0 aliphatic carbocycles. The van der Waals surface area contributed by atoms with E-state index in [0.717, 1.165) is 0 Å². The van der Waals surface area contributed by atoms with Gasteiger partial charge in [0.15, 0.2) is 5.78 Å². The van der Waals surface area contributed by atoms with E-state index >= 15 is 0 Å². The van der Waals surface area contributed by atoms with Crippen LogP contribution in [0.2, 0.25) is 5.02 Å². The van der Waals surface area contributed by atoms with Crippen molar-refractivity contribution in [1.29, 1.82) is 0 Å². The maximum absolute atomic E-state index is 11.3. The Labute approximate surface area is 86.6 Å². The maximum Gasteiger partial charge on any atom is 0.340 e. The fourth-order valence-electron chi connectivity index (χ4n) is 1.13. The zero-order valence-corrected chi connectivity index (χ0v) is 8.59. The fraction of sp³-hybridized carbons (Fsp3) is 0.200. The van der Waals surface area contributed by atoms with E-state index in [-0.39, 0.29) is 21.9 Å². The third kappa shape index (κ3) is 1.93. The molecule has 4 heteroatoms. The zero-order chi connectivity index (χ0) is 10.7. The van der Waals surface area contributed by atoms with E-state index in [0.29, 0.717) is 0 Å². The molecule has 0 radical (unpaired) electrons. The third-order valence-corrected chi connectivity index (χ3v) is 2.10. The van der Waals surface area contributed by atoms with Crippen LogP contribution in [0.1, 0.15) is 27.6 Å². The van der Waals surface area contributed by atoms with E-state index in [1.807, 2.05) is 0 Å². The van der Waals surface area contributed by atoms with Crippen LogP contribution in [0.3, 0.4) is 0 Å². The summed E-state index contributed by atoms with van der Waals surface area (Å²) < 4.78 is 4.53. The van der Waals surface area contributed by atoms with Crippen molar-refractivity contribution in [2.75, 3.05) is 7.11 Å². The number of halogens is 1. The molecule has 0 saturated heterocycles. The van der Waals surface area contributed by atoms with Gasteiger partial charge in [-0.05, 0) is 13.0 Å². The molecule has 3 nitrogen and oxygen atoms in total. The van der Waals surface area contributed by atoms with Crippen LogP contribution in [0, 0.1) is 0 Å². The molecule has 0 bridgehead atoms. The Hall–Kier alpha value is -1.35. The van der Waals surface area contributed by atoms with E-state index < -0.39 is 5.97 Å². The predicted octanol–water partition coefficient (Wildman–Crippen LogP) is 2.33. The first kappa shape index (κ1) is 10.7. The minimum atomic E-state index is -0.596. The van der Waals surface area contributed by atoms with Crippen LogP contribution in [-0.4, -0.2) is 18.9 Å². The summed E-state index contributed by atoms with van der Waals surface area (Å²) in [7, 11) is 1.25. The summed E-state index contributed by atoms with van der Waals surface area (Å²) in [5.41, 5.74) is 0.411. The molecule has 0 heterocycles. The molecular weight excluding hydrogens is 204 g/mol. The second-order valence-corrected chi connectivity index (χ2v) is 3.12. The number of rotatable bonds is 2. The van der Waals surface area contributed by atoms with E-state index in [9.17, 15) is 9.59 Å². The quantitative estimate of drug-likeness (QED) is 0.558. The Morgan fingerprint density at radius 2 is 2.00 bits per heavy atom. The van der Waals surface area contributed by atoms with Gasteiger partial charge in [-0.3, -0.25) is 4.79 Å². The maximum atomic E-state index is 11.3. The van der Waals surface area contributed by atoms with Crippen molar-refractivity contribution in [2.24, 2.45) is 0 Å². The number of benzene rings is 1. The summed E-state index contributed by atoms with van der Waals surface area (Å²) in [4.78, 5) is 22.5. The first-order valence-electron chi connectivity index (χ1n) is 3.95. The number of ether oxygens (including phenoxy) is 1. The van der Waals surface area contributed by atoms with Crippen molar-refractivity contribution in [2.45, 2.75) is 6.92 Å². The lowest BCUT2D eigenvalue weighted by molar-refractivity contribution is 0.0597. The van der Waals surface area contributed by atoms with Crippen molar-refractivity contribution >= 4 is 23.4 Å². The molecule has 0 aromatic heterocycles. The van der Waals surface area contributed by atoms with Crippen LogP contribution >= 0.6 is 11.6 Å². The first-order valence-corrected chi connectivity index (χ1v) is 4.33. The first-order chi connectivity index (χ1) is 6.57. The summed E-state index contributed by atoms with van der Waals surface area (Å²) in [6.07, 6.45) is 0. The number of Topliss-reactive ketones (excluding diaryl/α,β-unsaturated/α-hetero) is 1. The molecular formula is C10H9ClO3. The molecule has 0 aliphatic heterocycles. The van der Waals surface area contributed by atoms with E-state index in [1.165, 1.54) is 14.0 Å². The molecule has 0 atom stereocenters. The SMILES string of the molecule is COC(=O)c1c(Cl)cccc1C(C)=O. The molecule has 0 N–H and O–H groups in total. The summed E-state index contributed by atoms with van der Waals surface area (Å²) in [6.45, 7) is 1.37. The summed E-state index contributed by atoms with van der Waals surface area (Å²) in [5.74, 6) is -0.811. The molecule has 0 fully saturated rings. The molecule has 0 unspecified atom stereocenters. The number of carbonyl (C=O) groups excluding carboxylic acids is 2. The predicted molar refractivity (Wildman–Crippen MR) is 52.8 cm³/mol. The summed E-state index contributed by atoms with van der Waals surface area (Å²) >= 11 is 5.79. The highest BCUT2D eigenvalue weighted by Crippen LogP contribution is 2.21. The van der Waals surface area contributed by atoms with Gasteiger partial charge in [-0.15, -0.1) is 0 Å². The third-order valence-electron chi connectivity index (χ3n) is 1.78. The minimum absolute atomic E-state index is 0.129. The van der Waals surface area contributed by atoms with Gasteiger partial charge in [0, 0.05) is 5.56 Å². The average Bonchev–Trinajstić information content (AvgIpc) is 2.16. The fourth-order valence-corrected chi connectivity index (χ4v) is 1.38. The highest BCUT2D eigenvalue weighted by Gasteiger charge is 2.17. The second-order valence-electron chi connectivity index (χ2n) is 2.71. The van der Waals surface area contributed by atoms with Crippen LogP contribution in [0.25, 0.3) is 0 Å². The van der Waals surface area contributed by atoms with Gasteiger partial charge in [-0.25, -0.2) is 4.79 Å². The van der Waals surface area contributed by atoms with E-state index in [2.05, 4.69) is 4.74 Å². The Bertz CT molecular complexity index is 385. The monoisotopic (exact) mass is 212 g/mol. The van der Waals surface area contributed by atoms with Gasteiger partial charge in [0.05, 0.1) is 17.7 Å². The number of esters is 1. The van der Waals surface area contributed by atoms with Gasteiger partial charge < -0.3 is 4.74 Å². The van der Waals surface area contributed by atoms with Crippen molar-refractivity contribution in [3.05, 3.63) is 34.3 Å². The Balaban J connectivity index is 3.36. The molecule has 0 amide bonds. The van der Waals surface area contributed by atoms with Crippen LogP contribution < -0.4 is 0 Å². The van der Waals surface area contributed by atoms with Gasteiger partial charge >= 0.3 is 5.97 Å². The topological polar surface area (TPSA) is 43.4 Å². The molecule has 1 rings (SSSR count). The number of hydrogen-bond donors (Lipinski definition) is 0.